The Balaban J connectivity index is 1.80. The first-order chi connectivity index (χ1) is 13.7. The predicted octanol–water partition coefficient (Wildman–Crippen LogP) is 2.87. The molecule has 5 atom stereocenters. The molecule has 2 bridgehead atoms. The van der Waals surface area contributed by atoms with E-state index in [1.165, 1.54) is 10.4 Å². The second-order valence-electron chi connectivity index (χ2n) is 9.42. The van der Waals surface area contributed by atoms with E-state index >= 15 is 0 Å². The molecule has 2 aliphatic heterocycles. The third-order valence-corrected chi connectivity index (χ3v) is 11.6. The van der Waals surface area contributed by atoms with E-state index in [2.05, 4.69) is 69.3 Å². The van der Waals surface area contributed by atoms with Crippen molar-refractivity contribution in [3.05, 3.63) is 60.7 Å². The molecule has 4 nitrogen and oxygen atoms in total. The van der Waals surface area contributed by atoms with Gasteiger partial charge in [-0.15, -0.1) is 0 Å². The predicted molar refractivity (Wildman–Crippen MR) is 117 cm³/mol. The van der Waals surface area contributed by atoms with Crippen molar-refractivity contribution in [3.63, 3.8) is 0 Å². The molecule has 2 saturated heterocycles. The average molecular weight is 413 g/mol. The maximum Gasteiger partial charge on any atom is 0.261 e. The Labute approximate surface area is 174 Å². The standard InChI is InChI=1S/C24H32O4Si/c1-17-21-22(25)24(28-17,18(2)27-21)16-26-29(23(3,4)5,19-12-8-6-9-13-19)20-14-10-7-11-15-20/h6-15,17-18,21-22,25H,16H2,1-5H3/t17-,18+,21-,22-,24-/m0/s1. The molecule has 2 fully saturated rings. The third-order valence-electron chi connectivity index (χ3n) is 6.66. The van der Waals surface area contributed by atoms with Crippen molar-refractivity contribution in [2.45, 2.75) is 69.7 Å². The topological polar surface area (TPSA) is 47.9 Å². The lowest BCUT2D eigenvalue weighted by molar-refractivity contribution is -0.187. The van der Waals surface area contributed by atoms with Crippen LogP contribution in [0.2, 0.25) is 5.04 Å². The molecule has 0 amide bonds. The fraction of sp³-hybridized carbons (Fsp3) is 0.500. The Bertz CT molecular complexity index is 795. The summed E-state index contributed by atoms with van der Waals surface area (Å²) in [6.45, 7) is 11.0. The first-order valence-corrected chi connectivity index (χ1v) is 12.4. The molecule has 4 rings (SSSR count). The van der Waals surface area contributed by atoms with Crippen molar-refractivity contribution >= 4 is 18.7 Å². The Kier molecular flexibility index (Phi) is 5.24. The lowest BCUT2D eigenvalue weighted by Gasteiger charge is -2.45. The molecule has 0 radical (unpaired) electrons. The monoisotopic (exact) mass is 412 g/mol. The highest BCUT2D eigenvalue weighted by atomic mass is 28.4. The lowest BCUT2D eigenvalue weighted by atomic mass is 9.94. The molecular weight excluding hydrogens is 380 g/mol. The van der Waals surface area contributed by atoms with Crippen LogP contribution in [0.25, 0.3) is 0 Å². The van der Waals surface area contributed by atoms with Crippen molar-refractivity contribution in [1.82, 2.24) is 0 Å². The van der Waals surface area contributed by atoms with Gasteiger partial charge in [0.15, 0.2) is 0 Å². The van der Waals surface area contributed by atoms with Gasteiger partial charge >= 0.3 is 0 Å². The molecule has 2 heterocycles. The van der Waals surface area contributed by atoms with Crippen LogP contribution in [0.3, 0.4) is 0 Å². The second-order valence-corrected chi connectivity index (χ2v) is 13.7. The fourth-order valence-corrected chi connectivity index (χ4v) is 9.71. The van der Waals surface area contributed by atoms with Crippen LogP contribution in [0.4, 0.5) is 0 Å². The van der Waals surface area contributed by atoms with E-state index in [9.17, 15) is 5.11 Å². The zero-order valence-corrected chi connectivity index (χ0v) is 19.0. The van der Waals surface area contributed by atoms with Gasteiger partial charge in [0.25, 0.3) is 8.32 Å². The summed E-state index contributed by atoms with van der Waals surface area (Å²) in [5, 5.41) is 13.3. The zero-order valence-electron chi connectivity index (χ0n) is 18.0. The number of hydrogen-bond donors (Lipinski definition) is 1. The van der Waals surface area contributed by atoms with Crippen molar-refractivity contribution in [1.29, 1.82) is 0 Å². The van der Waals surface area contributed by atoms with Gasteiger partial charge < -0.3 is 19.0 Å². The van der Waals surface area contributed by atoms with Crippen LogP contribution in [0.15, 0.2) is 60.7 Å². The summed E-state index contributed by atoms with van der Waals surface area (Å²) in [5.41, 5.74) is -0.822. The van der Waals surface area contributed by atoms with E-state index in [-0.39, 0.29) is 23.4 Å². The molecule has 0 unspecified atom stereocenters. The molecule has 156 valence electrons. The number of rotatable bonds is 5. The average Bonchev–Trinajstić information content (AvgIpc) is 3.08. The van der Waals surface area contributed by atoms with Gasteiger partial charge in [-0.3, -0.25) is 0 Å². The van der Waals surface area contributed by atoms with Crippen LogP contribution in [0.1, 0.15) is 34.6 Å². The highest BCUT2D eigenvalue weighted by Gasteiger charge is 2.65. The summed E-state index contributed by atoms with van der Waals surface area (Å²) >= 11 is 0. The van der Waals surface area contributed by atoms with Gasteiger partial charge in [-0.25, -0.2) is 0 Å². The number of aliphatic hydroxyl groups excluding tert-OH is 1. The normalized spacial score (nSPS) is 31.9. The molecular formula is C24H32O4Si. The number of ether oxygens (including phenoxy) is 2. The van der Waals surface area contributed by atoms with E-state index in [0.717, 1.165) is 0 Å². The molecule has 2 aromatic carbocycles. The van der Waals surface area contributed by atoms with Gasteiger partial charge in [-0.05, 0) is 29.3 Å². The molecule has 0 aromatic heterocycles. The fourth-order valence-electron chi connectivity index (χ4n) is 5.11. The maximum atomic E-state index is 10.9. The van der Waals surface area contributed by atoms with Crippen molar-refractivity contribution in [2.75, 3.05) is 6.61 Å². The van der Waals surface area contributed by atoms with Crippen LogP contribution in [0.5, 0.6) is 0 Å². The van der Waals surface area contributed by atoms with Gasteiger partial charge in [0.1, 0.15) is 17.8 Å². The minimum atomic E-state index is -2.69. The van der Waals surface area contributed by atoms with E-state index in [1.807, 2.05) is 26.0 Å². The lowest BCUT2D eigenvalue weighted by Crippen LogP contribution is -2.68. The molecule has 2 aromatic rings. The summed E-state index contributed by atoms with van der Waals surface area (Å²) in [4.78, 5) is 0. The number of fused-ring (bicyclic) bond motifs is 2. The first kappa shape index (κ1) is 20.8. The maximum absolute atomic E-state index is 10.9. The van der Waals surface area contributed by atoms with E-state index in [0.29, 0.717) is 6.61 Å². The first-order valence-electron chi connectivity index (χ1n) is 10.5. The third kappa shape index (κ3) is 3.11. The molecule has 2 aliphatic rings. The van der Waals surface area contributed by atoms with E-state index < -0.39 is 20.0 Å². The molecule has 1 N–H and O–H groups in total. The van der Waals surface area contributed by atoms with E-state index in [4.69, 9.17) is 13.9 Å². The van der Waals surface area contributed by atoms with Crippen molar-refractivity contribution in [3.8, 4) is 0 Å². The molecule has 5 heteroatoms. The van der Waals surface area contributed by atoms with Gasteiger partial charge in [0.2, 0.25) is 0 Å². The highest BCUT2D eigenvalue weighted by molar-refractivity contribution is 6.99. The largest absolute Gasteiger partial charge is 0.404 e. The molecule has 29 heavy (non-hydrogen) atoms. The van der Waals surface area contributed by atoms with Crippen LogP contribution in [-0.2, 0) is 13.9 Å². The van der Waals surface area contributed by atoms with Crippen LogP contribution < -0.4 is 10.4 Å². The molecule has 0 spiro atoms. The minimum Gasteiger partial charge on any atom is -0.404 e. The summed E-state index contributed by atoms with van der Waals surface area (Å²) in [5.74, 6) is 0. The van der Waals surface area contributed by atoms with Crippen molar-refractivity contribution in [2.24, 2.45) is 0 Å². The molecule has 0 saturated carbocycles. The van der Waals surface area contributed by atoms with Crippen LogP contribution in [-0.4, -0.2) is 50.0 Å². The summed E-state index contributed by atoms with van der Waals surface area (Å²) in [6, 6.07) is 21.1. The van der Waals surface area contributed by atoms with Gasteiger partial charge in [0.05, 0.1) is 18.8 Å². The summed E-state index contributed by atoms with van der Waals surface area (Å²) in [6.07, 6.45) is -1.31. The van der Waals surface area contributed by atoms with Gasteiger partial charge in [0, 0.05) is 0 Å². The summed E-state index contributed by atoms with van der Waals surface area (Å²) in [7, 11) is -2.69. The van der Waals surface area contributed by atoms with Gasteiger partial charge in [-0.1, -0.05) is 81.4 Å². The van der Waals surface area contributed by atoms with Crippen LogP contribution >= 0.6 is 0 Å². The van der Waals surface area contributed by atoms with Crippen LogP contribution in [0, 0.1) is 0 Å². The Morgan fingerprint density at radius 3 is 1.90 bits per heavy atom. The Hall–Kier alpha value is -1.50. The SMILES string of the molecule is C[C@@H]1O[C@@]2(CO[Si](c3ccccc3)(c3ccccc3)C(C)(C)C)[C@@H](C)O[C@@H]1[C@@H]2O. The zero-order chi connectivity index (χ0) is 20.9. The molecule has 0 aliphatic carbocycles. The Morgan fingerprint density at radius 1 is 0.966 bits per heavy atom. The number of aliphatic hydroxyl groups is 1. The second kappa shape index (κ2) is 7.32. The number of hydrogen-bond acceptors (Lipinski definition) is 4. The van der Waals surface area contributed by atoms with Gasteiger partial charge in [-0.2, -0.15) is 0 Å². The highest BCUT2D eigenvalue weighted by Crippen LogP contribution is 2.46. The smallest absolute Gasteiger partial charge is 0.261 e. The summed E-state index contributed by atoms with van der Waals surface area (Å²) < 4.78 is 19.3. The minimum absolute atomic E-state index is 0.121. The van der Waals surface area contributed by atoms with Crippen molar-refractivity contribution < 1.29 is 19.0 Å². The Morgan fingerprint density at radius 2 is 1.48 bits per heavy atom. The van der Waals surface area contributed by atoms with E-state index in [1.54, 1.807) is 0 Å². The number of benzene rings is 2. The quantitative estimate of drug-likeness (QED) is 0.767.